The molecule has 1 aromatic rings. The van der Waals surface area contributed by atoms with Gasteiger partial charge in [-0.25, -0.2) is 0 Å². The molecule has 1 aliphatic heterocycles. The fourth-order valence-electron chi connectivity index (χ4n) is 3.48. The van der Waals surface area contributed by atoms with Crippen LogP contribution in [0.15, 0.2) is 24.5 Å². The first-order chi connectivity index (χ1) is 11.7. The van der Waals surface area contributed by atoms with Gasteiger partial charge in [0, 0.05) is 37.7 Å². The molecule has 1 atom stereocenters. The van der Waals surface area contributed by atoms with Crippen LogP contribution in [-0.2, 0) is 16.0 Å². The maximum atomic E-state index is 12.8. The van der Waals surface area contributed by atoms with Crippen molar-refractivity contribution in [3.05, 3.63) is 30.1 Å². The van der Waals surface area contributed by atoms with E-state index in [0.717, 1.165) is 37.9 Å². The number of rotatable bonds is 5. The summed E-state index contributed by atoms with van der Waals surface area (Å²) in [5, 5.41) is 0. The molecule has 2 heterocycles. The molecule has 3 rings (SSSR count). The molecule has 24 heavy (non-hydrogen) atoms. The largest absolute Gasteiger partial charge is 0.344 e. The highest BCUT2D eigenvalue weighted by Crippen LogP contribution is 2.31. The van der Waals surface area contributed by atoms with Crippen molar-refractivity contribution in [3.63, 3.8) is 0 Å². The monoisotopic (exact) mass is 347 g/mol. The van der Waals surface area contributed by atoms with Crippen LogP contribution < -0.4 is 0 Å². The predicted octanol–water partition coefficient (Wildman–Crippen LogP) is 2.17. The third-order valence-electron chi connectivity index (χ3n) is 5.02. The molecule has 6 heteroatoms. The molecule has 0 spiro atoms. The van der Waals surface area contributed by atoms with Gasteiger partial charge in [-0.2, -0.15) is 0 Å². The zero-order chi connectivity index (χ0) is 16.9. The summed E-state index contributed by atoms with van der Waals surface area (Å²) in [5.41, 5.74) is 1.17. The molecule has 130 valence electrons. The number of thioether (sulfide) groups is 1. The summed E-state index contributed by atoms with van der Waals surface area (Å²) in [7, 11) is 1.84. The molecule has 2 amide bonds. The van der Waals surface area contributed by atoms with Crippen LogP contribution in [-0.4, -0.2) is 57.9 Å². The molecule has 5 nitrogen and oxygen atoms in total. The van der Waals surface area contributed by atoms with Gasteiger partial charge in [0.1, 0.15) is 6.04 Å². The van der Waals surface area contributed by atoms with Crippen molar-refractivity contribution in [1.82, 2.24) is 14.8 Å². The molecular formula is C18H25N3O2S. The van der Waals surface area contributed by atoms with Gasteiger partial charge in [0.15, 0.2) is 0 Å². The lowest BCUT2D eigenvalue weighted by Crippen LogP contribution is -2.49. The number of nitrogens with zero attached hydrogens (tertiary/aromatic N) is 3. The van der Waals surface area contributed by atoms with Crippen molar-refractivity contribution in [3.8, 4) is 0 Å². The first kappa shape index (κ1) is 17.3. The van der Waals surface area contributed by atoms with Gasteiger partial charge in [-0.3, -0.25) is 14.6 Å². The third kappa shape index (κ3) is 3.91. The van der Waals surface area contributed by atoms with E-state index in [1.807, 2.05) is 24.1 Å². The summed E-state index contributed by atoms with van der Waals surface area (Å²) < 4.78 is 0. The lowest BCUT2D eigenvalue weighted by molar-refractivity contribution is -0.144. The quantitative estimate of drug-likeness (QED) is 0.819. The summed E-state index contributed by atoms with van der Waals surface area (Å²) in [6.07, 6.45) is 8.60. The van der Waals surface area contributed by atoms with Crippen LogP contribution in [0.5, 0.6) is 0 Å². The topological polar surface area (TPSA) is 53.5 Å². The van der Waals surface area contributed by atoms with Crippen molar-refractivity contribution in [2.45, 2.75) is 38.1 Å². The maximum absolute atomic E-state index is 12.8. The lowest BCUT2D eigenvalue weighted by Gasteiger charge is -2.29. The second kappa shape index (κ2) is 8.01. The Kier molecular flexibility index (Phi) is 5.76. The second-order valence-corrected chi connectivity index (χ2v) is 7.67. The zero-order valence-corrected chi connectivity index (χ0v) is 15.0. The first-order valence-electron chi connectivity index (χ1n) is 8.69. The minimum atomic E-state index is -0.287. The van der Waals surface area contributed by atoms with Gasteiger partial charge in [-0.15, -0.1) is 11.8 Å². The Bertz CT molecular complexity index is 575. The van der Waals surface area contributed by atoms with Gasteiger partial charge in [0.05, 0.1) is 5.88 Å². The molecule has 0 unspecified atom stereocenters. The second-order valence-electron chi connectivity index (χ2n) is 6.67. The van der Waals surface area contributed by atoms with Crippen LogP contribution in [0.25, 0.3) is 0 Å². The normalized spacial score (nSPS) is 21.2. The summed E-state index contributed by atoms with van der Waals surface area (Å²) in [5.74, 6) is 1.78. The Hall–Kier alpha value is -1.56. The Balaban J connectivity index is 1.57. The number of pyridine rings is 1. The number of carbonyl (C=O) groups excluding carboxylic acids is 2. The molecular weight excluding hydrogens is 322 g/mol. The van der Waals surface area contributed by atoms with Crippen LogP contribution in [0.1, 0.15) is 31.2 Å². The minimum Gasteiger partial charge on any atom is -0.344 e. The van der Waals surface area contributed by atoms with E-state index in [1.165, 1.54) is 5.56 Å². The van der Waals surface area contributed by atoms with Gasteiger partial charge in [-0.05, 0) is 37.0 Å². The number of hydrogen-bond acceptors (Lipinski definition) is 4. The van der Waals surface area contributed by atoms with Crippen LogP contribution >= 0.6 is 11.8 Å². The maximum Gasteiger partial charge on any atom is 0.246 e. The molecule has 1 aliphatic carbocycles. The standard InChI is InChI=1S/C18H25N3O2S/c1-20(11-8-14-6-9-19-10-7-14)18(23)16-12-24-13-21(16)17(22)15-4-2-3-5-15/h6-7,9-10,15-16H,2-5,8,11-13H2,1H3/t16-/m1/s1. The van der Waals surface area contributed by atoms with Gasteiger partial charge < -0.3 is 9.80 Å². The fourth-order valence-corrected chi connectivity index (χ4v) is 4.64. The highest BCUT2D eigenvalue weighted by atomic mass is 32.2. The zero-order valence-electron chi connectivity index (χ0n) is 14.2. The molecule has 2 fully saturated rings. The van der Waals surface area contributed by atoms with E-state index in [0.29, 0.717) is 12.4 Å². The van der Waals surface area contributed by atoms with E-state index >= 15 is 0 Å². The molecule has 0 bridgehead atoms. The van der Waals surface area contributed by atoms with E-state index in [2.05, 4.69) is 4.98 Å². The first-order valence-corrected chi connectivity index (χ1v) is 9.84. The summed E-state index contributed by atoms with van der Waals surface area (Å²) in [4.78, 5) is 33.1. The molecule has 0 N–H and O–H groups in total. The smallest absolute Gasteiger partial charge is 0.246 e. The SMILES string of the molecule is CN(CCc1ccncc1)C(=O)[C@H]1CSCN1C(=O)C1CCCC1. The molecule has 2 aliphatic rings. The van der Waals surface area contributed by atoms with Crippen LogP contribution in [0, 0.1) is 5.92 Å². The van der Waals surface area contributed by atoms with Crippen molar-refractivity contribution in [2.24, 2.45) is 5.92 Å². The van der Waals surface area contributed by atoms with Crippen LogP contribution in [0.3, 0.4) is 0 Å². The van der Waals surface area contributed by atoms with Gasteiger partial charge in [0.25, 0.3) is 0 Å². The van der Waals surface area contributed by atoms with E-state index in [9.17, 15) is 9.59 Å². The number of hydrogen-bond donors (Lipinski definition) is 0. The van der Waals surface area contributed by atoms with E-state index in [-0.39, 0.29) is 23.8 Å². The van der Waals surface area contributed by atoms with Gasteiger partial charge in [-0.1, -0.05) is 12.8 Å². The average Bonchev–Trinajstić information content (AvgIpc) is 3.30. The number of aromatic nitrogens is 1. The van der Waals surface area contributed by atoms with E-state index < -0.39 is 0 Å². The lowest BCUT2D eigenvalue weighted by atomic mass is 10.1. The summed E-state index contributed by atoms with van der Waals surface area (Å²) in [6, 6.07) is 3.66. The van der Waals surface area contributed by atoms with Crippen molar-refractivity contribution in [1.29, 1.82) is 0 Å². The number of amides is 2. The van der Waals surface area contributed by atoms with Crippen molar-refractivity contribution < 1.29 is 9.59 Å². The molecule has 1 aromatic heterocycles. The molecule has 1 saturated carbocycles. The molecule has 0 aromatic carbocycles. The van der Waals surface area contributed by atoms with Crippen molar-refractivity contribution in [2.75, 3.05) is 25.2 Å². The Labute approximate surface area is 147 Å². The number of likely N-dealkylation sites (N-methyl/N-ethyl adjacent to an activating group) is 1. The van der Waals surface area contributed by atoms with Gasteiger partial charge >= 0.3 is 0 Å². The average molecular weight is 347 g/mol. The summed E-state index contributed by atoms with van der Waals surface area (Å²) >= 11 is 1.69. The predicted molar refractivity (Wildman–Crippen MR) is 95.5 cm³/mol. The minimum absolute atomic E-state index is 0.0698. The van der Waals surface area contributed by atoms with Crippen LogP contribution in [0.2, 0.25) is 0 Å². The van der Waals surface area contributed by atoms with Crippen LogP contribution in [0.4, 0.5) is 0 Å². The Morgan fingerprint density at radius 1 is 1.29 bits per heavy atom. The Morgan fingerprint density at radius 3 is 2.71 bits per heavy atom. The summed E-state index contributed by atoms with van der Waals surface area (Å²) in [6.45, 7) is 0.662. The fraction of sp³-hybridized carbons (Fsp3) is 0.611. The van der Waals surface area contributed by atoms with Crippen molar-refractivity contribution >= 4 is 23.6 Å². The molecule has 1 saturated heterocycles. The Morgan fingerprint density at radius 2 is 2.00 bits per heavy atom. The van der Waals surface area contributed by atoms with E-state index in [4.69, 9.17) is 0 Å². The number of carbonyl (C=O) groups is 2. The highest BCUT2D eigenvalue weighted by Gasteiger charge is 2.39. The van der Waals surface area contributed by atoms with E-state index in [1.54, 1.807) is 29.1 Å². The highest BCUT2D eigenvalue weighted by molar-refractivity contribution is 7.99. The molecule has 0 radical (unpaired) electrons. The third-order valence-corrected chi connectivity index (χ3v) is 6.03. The van der Waals surface area contributed by atoms with Gasteiger partial charge in [0.2, 0.25) is 11.8 Å².